The molecule has 0 fully saturated rings. The van der Waals surface area contributed by atoms with Gasteiger partial charge in [0.2, 0.25) is 0 Å². The Morgan fingerprint density at radius 1 is 1.27 bits per heavy atom. The molecule has 60 valence electrons. The Hall–Kier alpha value is -1.80. The van der Waals surface area contributed by atoms with Crippen molar-refractivity contribution in [3.05, 3.63) is 31.0 Å². The van der Waals surface area contributed by atoms with Crippen LogP contribution in [0.3, 0.4) is 0 Å². The van der Waals surface area contributed by atoms with Crippen molar-refractivity contribution in [2.75, 3.05) is 0 Å². The van der Waals surface area contributed by atoms with Crippen LogP contribution in [0.1, 0.15) is 0 Å². The van der Waals surface area contributed by atoms with Crippen molar-refractivity contribution in [1.29, 1.82) is 0 Å². The van der Waals surface area contributed by atoms with Gasteiger partial charge in [0.1, 0.15) is 0 Å². The summed E-state index contributed by atoms with van der Waals surface area (Å²) in [5, 5.41) is 15.4. The number of carbonyl (C=O) groups is 2. The normalized spacial score (nSPS) is 6.18. The molecular weight excluding hydrogens is 148 g/mol. The molecule has 4 nitrogen and oxygen atoms in total. The topological polar surface area (TPSA) is 74.6 Å². The van der Waals surface area contributed by atoms with E-state index in [2.05, 4.69) is 18.9 Å². The summed E-state index contributed by atoms with van der Waals surface area (Å²) in [6.45, 7) is 6.00. The average molecular weight is 156 g/mol. The monoisotopic (exact) mass is 156 g/mol. The van der Waals surface area contributed by atoms with Gasteiger partial charge in [0.25, 0.3) is 0 Å². The Kier molecular flexibility index (Phi) is 8.90. The number of carboxylic acid groups (broad SMARTS) is 2. The second-order valence-corrected chi connectivity index (χ2v) is 1.23. The van der Waals surface area contributed by atoms with Crippen LogP contribution in [0, 0.1) is 0 Å². The highest BCUT2D eigenvalue weighted by Gasteiger charge is 1.76. The molecule has 0 unspecified atom stereocenters. The van der Waals surface area contributed by atoms with Crippen molar-refractivity contribution in [2.24, 2.45) is 0 Å². The minimum Gasteiger partial charge on any atom is -0.478 e. The molecule has 0 aromatic rings. The zero-order chi connectivity index (χ0) is 9.28. The molecule has 0 atom stereocenters. The predicted molar refractivity (Wildman–Crippen MR) is 39.2 cm³/mol. The molecule has 0 heterocycles. The van der Waals surface area contributed by atoms with Crippen molar-refractivity contribution in [3.63, 3.8) is 0 Å². The largest absolute Gasteiger partial charge is 0.478 e. The first kappa shape index (κ1) is 11.9. The van der Waals surface area contributed by atoms with Gasteiger partial charge in [0.05, 0.1) is 6.08 Å². The van der Waals surface area contributed by atoms with E-state index in [-0.39, 0.29) is 0 Å². The molecule has 0 bridgehead atoms. The van der Waals surface area contributed by atoms with Crippen molar-refractivity contribution < 1.29 is 19.8 Å². The van der Waals surface area contributed by atoms with Crippen LogP contribution in [0.5, 0.6) is 0 Å². The molecule has 0 spiro atoms. The van der Waals surface area contributed by atoms with Gasteiger partial charge in [-0.2, -0.15) is 0 Å². The quantitative estimate of drug-likeness (QED) is 0.455. The van der Waals surface area contributed by atoms with Gasteiger partial charge in [-0.25, -0.2) is 9.59 Å². The van der Waals surface area contributed by atoms with Crippen molar-refractivity contribution in [2.45, 2.75) is 0 Å². The fraction of sp³-hybridized carbons (Fsp3) is 0. The summed E-state index contributed by atoms with van der Waals surface area (Å²) >= 11 is 0. The molecule has 0 aliphatic heterocycles. The van der Waals surface area contributed by atoms with E-state index in [9.17, 15) is 9.59 Å². The lowest BCUT2D eigenvalue weighted by Crippen LogP contribution is -1.82. The number of hydrogen-bond donors (Lipinski definition) is 2. The first-order valence-corrected chi connectivity index (χ1v) is 2.48. The fourth-order valence-electron chi connectivity index (χ4n) is 0.0873. The second-order valence-electron chi connectivity index (χ2n) is 1.23. The third-order valence-electron chi connectivity index (χ3n) is 0.400. The van der Waals surface area contributed by atoms with Crippen LogP contribution >= 0.6 is 0 Å². The summed E-state index contributed by atoms with van der Waals surface area (Å²) in [5.41, 5.74) is 2.09. The van der Waals surface area contributed by atoms with Gasteiger partial charge in [-0.15, -0.1) is 5.73 Å². The summed E-state index contributed by atoms with van der Waals surface area (Å²) < 4.78 is 0. The Morgan fingerprint density at radius 3 is 1.64 bits per heavy atom. The Balaban J connectivity index is 0. The van der Waals surface area contributed by atoms with Gasteiger partial charge < -0.3 is 10.2 Å². The zero-order valence-electron chi connectivity index (χ0n) is 5.78. The molecule has 11 heavy (non-hydrogen) atoms. The smallest absolute Gasteiger partial charge is 0.336 e. The lowest BCUT2D eigenvalue weighted by Gasteiger charge is -1.65. The van der Waals surface area contributed by atoms with Crippen molar-refractivity contribution >= 4 is 11.9 Å². The molecular formula is C7H8O4. The highest BCUT2D eigenvalue weighted by molar-refractivity contribution is 5.79. The molecule has 0 aromatic carbocycles. The van der Waals surface area contributed by atoms with Gasteiger partial charge in [-0.05, 0) is 0 Å². The van der Waals surface area contributed by atoms with E-state index in [1.807, 2.05) is 0 Å². The SMILES string of the molecule is C=C=CC(=O)O.C=CC(=O)O. The predicted octanol–water partition coefficient (Wildman–Crippen LogP) is 0.669. The minimum atomic E-state index is -1.01. The standard InChI is InChI=1S/C4H4O2.C3H4O2/c1-2-3-4(5)6;1-2-3(4)5/h3H,1H2,(H,5,6);2H,1H2,(H,4,5). The Bertz CT molecular complexity index is 198. The van der Waals surface area contributed by atoms with Gasteiger partial charge in [0.15, 0.2) is 0 Å². The third kappa shape index (κ3) is 30.8. The molecule has 0 rings (SSSR count). The van der Waals surface area contributed by atoms with E-state index >= 15 is 0 Å². The molecule has 0 radical (unpaired) electrons. The van der Waals surface area contributed by atoms with Gasteiger partial charge in [-0.3, -0.25) is 0 Å². The van der Waals surface area contributed by atoms with E-state index in [0.29, 0.717) is 0 Å². The molecule has 0 aromatic heterocycles. The maximum Gasteiger partial charge on any atom is 0.336 e. The molecule has 0 amide bonds. The van der Waals surface area contributed by atoms with E-state index in [1.54, 1.807) is 0 Å². The second kappa shape index (κ2) is 8.20. The van der Waals surface area contributed by atoms with Crippen LogP contribution in [0.25, 0.3) is 0 Å². The van der Waals surface area contributed by atoms with Gasteiger partial charge >= 0.3 is 11.9 Å². The Morgan fingerprint density at radius 2 is 1.64 bits per heavy atom. The van der Waals surface area contributed by atoms with E-state index in [1.165, 1.54) is 0 Å². The maximum atomic E-state index is 9.44. The molecule has 2 N–H and O–H groups in total. The number of carboxylic acids is 2. The van der Waals surface area contributed by atoms with Crippen LogP contribution < -0.4 is 0 Å². The molecule has 0 aliphatic carbocycles. The summed E-state index contributed by atoms with van der Waals surface area (Å²) in [6, 6.07) is 0. The van der Waals surface area contributed by atoms with Crippen LogP contribution in [-0.2, 0) is 9.59 Å². The first-order valence-electron chi connectivity index (χ1n) is 2.48. The molecule has 0 saturated carbocycles. The van der Waals surface area contributed by atoms with Crippen LogP contribution in [0.4, 0.5) is 0 Å². The van der Waals surface area contributed by atoms with E-state index in [0.717, 1.165) is 12.2 Å². The lowest BCUT2D eigenvalue weighted by molar-refractivity contribution is -0.132. The molecule has 0 saturated heterocycles. The van der Waals surface area contributed by atoms with Crippen molar-refractivity contribution in [1.82, 2.24) is 0 Å². The lowest BCUT2D eigenvalue weighted by atomic mass is 10.6. The fourth-order valence-corrected chi connectivity index (χ4v) is 0.0873. The average Bonchev–Trinajstić information content (AvgIpc) is 1.89. The summed E-state index contributed by atoms with van der Waals surface area (Å²) in [7, 11) is 0. The number of rotatable bonds is 2. The summed E-state index contributed by atoms with van der Waals surface area (Å²) in [6.07, 6.45) is 1.68. The number of aliphatic carboxylic acids is 2. The van der Waals surface area contributed by atoms with Crippen molar-refractivity contribution in [3.8, 4) is 0 Å². The minimum absolute atomic E-state index is 0.833. The third-order valence-corrected chi connectivity index (χ3v) is 0.400. The highest BCUT2D eigenvalue weighted by atomic mass is 16.4. The summed E-state index contributed by atoms with van der Waals surface area (Å²) in [5.74, 6) is -1.99. The van der Waals surface area contributed by atoms with Crippen LogP contribution in [0.15, 0.2) is 31.0 Å². The van der Waals surface area contributed by atoms with Crippen LogP contribution in [-0.4, -0.2) is 22.2 Å². The van der Waals surface area contributed by atoms with E-state index in [4.69, 9.17) is 10.2 Å². The Labute approximate surface area is 63.8 Å². The maximum absolute atomic E-state index is 9.44. The summed E-state index contributed by atoms with van der Waals surface area (Å²) in [4.78, 5) is 18.7. The molecule has 0 aliphatic rings. The zero-order valence-corrected chi connectivity index (χ0v) is 5.78. The molecule has 4 heteroatoms. The van der Waals surface area contributed by atoms with Gasteiger partial charge in [0, 0.05) is 6.08 Å². The highest BCUT2D eigenvalue weighted by Crippen LogP contribution is 1.59. The number of hydrogen-bond acceptors (Lipinski definition) is 2. The van der Waals surface area contributed by atoms with E-state index < -0.39 is 11.9 Å². The van der Waals surface area contributed by atoms with Crippen LogP contribution in [0.2, 0.25) is 0 Å². The first-order chi connectivity index (χ1) is 5.04. The van der Waals surface area contributed by atoms with Gasteiger partial charge in [-0.1, -0.05) is 13.2 Å².